The van der Waals surface area contributed by atoms with Gasteiger partial charge in [-0.15, -0.1) is 0 Å². The zero-order valence-corrected chi connectivity index (χ0v) is 16.5. The third-order valence-electron chi connectivity index (χ3n) is 4.97. The maximum atomic E-state index is 12.3. The summed E-state index contributed by atoms with van der Waals surface area (Å²) in [7, 11) is 0. The van der Waals surface area contributed by atoms with E-state index in [0.717, 1.165) is 19.5 Å². The fraction of sp³-hybridized carbons (Fsp3) is 0.217. The molecule has 2 heterocycles. The molecule has 0 saturated carbocycles. The molecule has 0 spiro atoms. The lowest BCUT2D eigenvalue weighted by atomic mass is 10.00. The molecule has 0 bridgehead atoms. The van der Waals surface area contributed by atoms with Crippen LogP contribution in [-0.2, 0) is 19.5 Å². The second-order valence-corrected chi connectivity index (χ2v) is 7.46. The van der Waals surface area contributed by atoms with Gasteiger partial charge in [-0.2, -0.15) is 0 Å². The Bertz CT molecular complexity index is 1070. The number of ether oxygens (including phenoxy) is 1. The highest BCUT2D eigenvalue weighted by Gasteiger charge is 2.17. The summed E-state index contributed by atoms with van der Waals surface area (Å²) in [5, 5.41) is 0.552. The molecule has 0 unspecified atom stereocenters. The van der Waals surface area contributed by atoms with E-state index >= 15 is 0 Å². The average molecular weight is 410 g/mol. The predicted molar refractivity (Wildman–Crippen MR) is 111 cm³/mol. The quantitative estimate of drug-likeness (QED) is 0.573. The number of rotatable bonds is 6. The van der Waals surface area contributed by atoms with Gasteiger partial charge in [0.1, 0.15) is 12.0 Å². The van der Waals surface area contributed by atoms with Crippen LogP contribution in [0.3, 0.4) is 0 Å². The van der Waals surface area contributed by atoms with Gasteiger partial charge in [-0.1, -0.05) is 35.9 Å². The van der Waals surface area contributed by atoms with Crippen LogP contribution in [0.15, 0.2) is 70.1 Å². The molecule has 4 rings (SSSR count). The summed E-state index contributed by atoms with van der Waals surface area (Å²) in [5.74, 6) is 0.364. The summed E-state index contributed by atoms with van der Waals surface area (Å²) in [6.45, 7) is 2.05. The third-order valence-corrected chi connectivity index (χ3v) is 5.22. The number of benzene rings is 2. The molecule has 148 valence electrons. The summed E-state index contributed by atoms with van der Waals surface area (Å²) < 4.78 is 11.0. The fourth-order valence-electron chi connectivity index (χ4n) is 3.40. The van der Waals surface area contributed by atoms with Gasteiger partial charge < -0.3 is 9.15 Å². The lowest BCUT2D eigenvalue weighted by Crippen LogP contribution is -2.30. The highest BCUT2D eigenvalue weighted by atomic mass is 35.5. The number of ketones is 1. The van der Waals surface area contributed by atoms with Gasteiger partial charge in [-0.3, -0.25) is 14.5 Å². The maximum absolute atomic E-state index is 12.3. The van der Waals surface area contributed by atoms with Crippen molar-refractivity contribution >= 4 is 17.4 Å². The van der Waals surface area contributed by atoms with Crippen LogP contribution < -0.4 is 10.2 Å². The Labute approximate surface area is 173 Å². The highest BCUT2D eigenvalue weighted by Crippen LogP contribution is 2.20. The van der Waals surface area contributed by atoms with E-state index in [9.17, 15) is 9.59 Å². The molecule has 1 aromatic heterocycles. The summed E-state index contributed by atoms with van der Waals surface area (Å²) in [6.07, 6.45) is 2.26. The SMILES string of the molecule is O=C(COc1coc(CN2CCc3ccccc3C2)cc1=O)c1ccc(Cl)cc1. The molecule has 0 saturated heterocycles. The second-order valence-electron chi connectivity index (χ2n) is 7.02. The first-order valence-corrected chi connectivity index (χ1v) is 9.79. The molecule has 0 amide bonds. The zero-order chi connectivity index (χ0) is 20.2. The molecule has 1 aliphatic heterocycles. The third kappa shape index (κ3) is 4.75. The summed E-state index contributed by atoms with van der Waals surface area (Å²) in [6, 6.07) is 16.3. The minimum Gasteiger partial charge on any atom is -0.478 e. The minimum atomic E-state index is -0.299. The van der Waals surface area contributed by atoms with Crippen LogP contribution in [0, 0.1) is 0 Å². The Morgan fingerprint density at radius 2 is 1.86 bits per heavy atom. The van der Waals surface area contributed by atoms with Crippen molar-refractivity contribution in [3.05, 3.63) is 98.6 Å². The molecule has 6 heteroatoms. The largest absolute Gasteiger partial charge is 0.478 e. The molecule has 0 radical (unpaired) electrons. The van der Waals surface area contributed by atoms with E-state index in [2.05, 4.69) is 23.1 Å². The van der Waals surface area contributed by atoms with Crippen molar-refractivity contribution in [2.45, 2.75) is 19.5 Å². The molecule has 0 aliphatic carbocycles. The lowest BCUT2D eigenvalue weighted by Gasteiger charge is -2.28. The van der Waals surface area contributed by atoms with Gasteiger partial charge >= 0.3 is 0 Å². The number of fused-ring (bicyclic) bond motifs is 1. The van der Waals surface area contributed by atoms with Crippen molar-refractivity contribution in [1.29, 1.82) is 0 Å². The monoisotopic (exact) mass is 409 g/mol. The molecule has 0 atom stereocenters. The van der Waals surface area contributed by atoms with Gasteiger partial charge in [0.25, 0.3) is 0 Å². The number of carbonyl (C=O) groups excluding carboxylic acids is 1. The molecule has 5 nitrogen and oxygen atoms in total. The summed E-state index contributed by atoms with van der Waals surface area (Å²) in [5.41, 5.74) is 2.86. The van der Waals surface area contributed by atoms with Gasteiger partial charge in [-0.25, -0.2) is 0 Å². The van der Waals surface area contributed by atoms with E-state index in [0.29, 0.717) is 22.9 Å². The van der Waals surface area contributed by atoms with E-state index in [1.807, 2.05) is 6.07 Å². The Morgan fingerprint density at radius 1 is 1.10 bits per heavy atom. The van der Waals surface area contributed by atoms with Crippen molar-refractivity contribution in [3.8, 4) is 5.75 Å². The van der Waals surface area contributed by atoms with Crippen molar-refractivity contribution in [2.24, 2.45) is 0 Å². The van der Waals surface area contributed by atoms with Gasteiger partial charge in [0.05, 0.1) is 6.54 Å². The Kier molecular flexibility index (Phi) is 5.79. The standard InChI is InChI=1S/C23H20ClNO4/c24-19-7-5-17(6-8-19)22(27)14-29-23-15-28-20(11-21(23)26)13-25-10-9-16-3-1-2-4-18(16)12-25/h1-8,11,15H,9-10,12-14H2. The number of hydrogen-bond acceptors (Lipinski definition) is 5. The first kappa shape index (κ1) is 19.4. The van der Waals surface area contributed by atoms with Crippen LogP contribution in [0.25, 0.3) is 0 Å². The van der Waals surface area contributed by atoms with Crippen LogP contribution >= 0.6 is 11.6 Å². The highest BCUT2D eigenvalue weighted by molar-refractivity contribution is 6.30. The molecule has 0 fully saturated rings. The molecular weight excluding hydrogens is 390 g/mol. The van der Waals surface area contributed by atoms with Crippen molar-refractivity contribution in [3.63, 3.8) is 0 Å². The number of halogens is 1. The fourth-order valence-corrected chi connectivity index (χ4v) is 3.52. The molecular formula is C23H20ClNO4. The Hall–Kier alpha value is -2.89. The number of nitrogens with zero attached hydrogens (tertiary/aromatic N) is 1. The van der Waals surface area contributed by atoms with Gasteiger partial charge in [0, 0.05) is 29.7 Å². The van der Waals surface area contributed by atoms with Gasteiger partial charge in [-0.05, 0) is 41.8 Å². The summed E-state index contributed by atoms with van der Waals surface area (Å²) >= 11 is 5.82. The Balaban J connectivity index is 1.36. The van der Waals surface area contributed by atoms with E-state index in [1.165, 1.54) is 23.5 Å². The van der Waals surface area contributed by atoms with E-state index < -0.39 is 0 Å². The van der Waals surface area contributed by atoms with Crippen LogP contribution in [0.5, 0.6) is 5.75 Å². The topological polar surface area (TPSA) is 59.8 Å². The second kappa shape index (κ2) is 8.64. The molecule has 1 aliphatic rings. The predicted octanol–water partition coefficient (Wildman–Crippen LogP) is 4.11. The van der Waals surface area contributed by atoms with E-state index in [1.54, 1.807) is 24.3 Å². The maximum Gasteiger partial charge on any atom is 0.227 e. The number of carbonyl (C=O) groups is 1. The van der Waals surface area contributed by atoms with E-state index in [4.69, 9.17) is 20.8 Å². The van der Waals surface area contributed by atoms with Crippen LogP contribution in [0.4, 0.5) is 0 Å². The van der Waals surface area contributed by atoms with Crippen molar-refractivity contribution < 1.29 is 13.9 Å². The number of hydrogen-bond donors (Lipinski definition) is 0. The van der Waals surface area contributed by atoms with E-state index in [-0.39, 0.29) is 23.6 Å². The Morgan fingerprint density at radius 3 is 2.62 bits per heavy atom. The van der Waals surface area contributed by atoms with Crippen LogP contribution in [0.1, 0.15) is 27.2 Å². The average Bonchev–Trinajstić information content (AvgIpc) is 2.73. The van der Waals surface area contributed by atoms with Crippen molar-refractivity contribution in [1.82, 2.24) is 4.90 Å². The first-order chi connectivity index (χ1) is 14.1. The minimum absolute atomic E-state index is 0.0278. The molecule has 2 aromatic carbocycles. The number of Topliss-reactive ketones (excluding diaryl/α,β-unsaturated/α-hetero) is 1. The van der Waals surface area contributed by atoms with Gasteiger partial charge in [0.15, 0.2) is 12.4 Å². The van der Waals surface area contributed by atoms with Crippen molar-refractivity contribution in [2.75, 3.05) is 13.2 Å². The normalized spacial score (nSPS) is 13.7. The molecule has 29 heavy (non-hydrogen) atoms. The van der Waals surface area contributed by atoms with Gasteiger partial charge in [0.2, 0.25) is 11.2 Å². The lowest BCUT2D eigenvalue weighted by molar-refractivity contribution is 0.0919. The smallest absolute Gasteiger partial charge is 0.227 e. The molecule has 3 aromatic rings. The van der Waals surface area contributed by atoms with Crippen LogP contribution in [-0.4, -0.2) is 23.8 Å². The first-order valence-electron chi connectivity index (χ1n) is 9.41. The summed E-state index contributed by atoms with van der Waals surface area (Å²) in [4.78, 5) is 26.7. The van der Waals surface area contributed by atoms with Crippen LogP contribution in [0.2, 0.25) is 5.02 Å². The zero-order valence-electron chi connectivity index (χ0n) is 15.8. The molecule has 0 N–H and O–H groups in total.